The van der Waals surface area contributed by atoms with Crippen LogP contribution in [0.5, 0.6) is 0 Å². The minimum Gasteiger partial charge on any atom is -0.356 e. The number of nitro groups is 1. The lowest BCUT2D eigenvalue weighted by molar-refractivity contribution is -0.387. The molecule has 2 amide bonds. The van der Waals surface area contributed by atoms with Gasteiger partial charge in [-0.25, -0.2) is 0 Å². The third-order valence-electron chi connectivity index (χ3n) is 5.53. The molecule has 0 spiro atoms. The summed E-state index contributed by atoms with van der Waals surface area (Å²) in [5, 5.41) is 26.0. The first-order chi connectivity index (χ1) is 13.8. The molecule has 1 saturated heterocycles. The Balaban J connectivity index is 1.83. The van der Waals surface area contributed by atoms with Crippen LogP contribution < -0.4 is 16.2 Å². The molecule has 1 aromatic rings. The Morgan fingerprint density at radius 3 is 2.69 bits per heavy atom. The third-order valence-corrected chi connectivity index (χ3v) is 5.53. The maximum atomic E-state index is 13.0. The normalized spacial score (nSPS) is 20.4. The van der Waals surface area contributed by atoms with Crippen LogP contribution in [0.3, 0.4) is 0 Å². The highest BCUT2D eigenvalue weighted by Gasteiger charge is 2.35. The molecular formula is C19H23N5O5. The second kappa shape index (κ2) is 8.43. The van der Waals surface area contributed by atoms with Gasteiger partial charge < -0.3 is 10.6 Å². The molecule has 3 rings (SSSR count). The fraction of sp³-hybridized carbons (Fsp3) is 0.579. The van der Waals surface area contributed by atoms with Gasteiger partial charge in [0.25, 0.3) is 0 Å². The number of aromatic nitrogens is 1. The maximum Gasteiger partial charge on any atom is 0.336 e. The lowest BCUT2D eigenvalue weighted by atomic mass is 9.98. The molecule has 1 aromatic heterocycles. The van der Waals surface area contributed by atoms with Crippen molar-refractivity contribution < 1.29 is 14.5 Å². The number of pyridine rings is 1. The highest BCUT2D eigenvalue weighted by atomic mass is 16.6. The summed E-state index contributed by atoms with van der Waals surface area (Å²) in [5.74, 6) is -0.759. The van der Waals surface area contributed by atoms with Crippen LogP contribution in [0.15, 0.2) is 17.1 Å². The van der Waals surface area contributed by atoms with E-state index in [2.05, 4.69) is 10.6 Å². The number of carbonyl (C=O) groups is 2. The average molecular weight is 401 g/mol. The van der Waals surface area contributed by atoms with Crippen molar-refractivity contribution in [3.05, 3.63) is 38.3 Å². The molecule has 2 N–H and O–H groups in total. The molecular weight excluding hydrogens is 378 g/mol. The van der Waals surface area contributed by atoms with Gasteiger partial charge in [0.1, 0.15) is 12.1 Å². The first kappa shape index (κ1) is 20.5. The predicted molar refractivity (Wildman–Crippen MR) is 102 cm³/mol. The molecule has 2 heterocycles. The van der Waals surface area contributed by atoms with Crippen LogP contribution in [0.2, 0.25) is 0 Å². The lowest BCUT2D eigenvalue weighted by Crippen LogP contribution is -2.43. The number of aryl methyl sites for hydroxylation is 1. The number of carbonyl (C=O) groups excluding carboxylic acids is 2. The number of nitrogens with one attached hydrogen (secondary N) is 2. The highest BCUT2D eigenvalue weighted by Crippen LogP contribution is 2.37. The number of hydrogen-bond acceptors (Lipinski definition) is 6. The van der Waals surface area contributed by atoms with Crippen LogP contribution in [-0.2, 0) is 9.59 Å². The zero-order valence-corrected chi connectivity index (χ0v) is 16.1. The minimum absolute atomic E-state index is 0.139. The van der Waals surface area contributed by atoms with Gasteiger partial charge in [-0.1, -0.05) is 12.8 Å². The van der Waals surface area contributed by atoms with E-state index in [1.807, 2.05) is 6.07 Å². The van der Waals surface area contributed by atoms with Gasteiger partial charge in [-0.3, -0.25) is 29.1 Å². The van der Waals surface area contributed by atoms with Gasteiger partial charge in [-0.05, 0) is 38.2 Å². The van der Waals surface area contributed by atoms with Crippen molar-refractivity contribution in [1.82, 2.24) is 15.2 Å². The van der Waals surface area contributed by atoms with Crippen molar-refractivity contribution in [1.29, 1.82) is 5.26 Å². The van der Waals surface area contributed by atoms with Crippen molar-refractivity contribution >= 4 is 17.5 Å². The summed E-state index contributed by atoms with van der Waals surface area (Å²) in [6.45, 7) is 2.01. The molecule has 0 bridgehead atoms. The van der Waals surface area contributed by atoms with E-state index in [9.17, 15) is 29.8 Å². The van der Waals surface area contributed by atoms with E-state index in [-0.39, 0.29) is 29.7 Å². The van der Waals surface area contributed by atoms with Crippen LogP contribution in [0, 0.1) is 40.2 Å². The van der Waals surface area contributed by atoms with Crippen molar-refractivity contribution in [2.75, 3.05) is 6.54 Å². The summed E-state index contributed by atoms with van der Waals surface area (Å²) in [5.41, 5.74) is -1.16. The number of nitrogens with zero attached hydrogens (tertiary/aromatic N) is 3. The number of hydrogen-bond donors (Lipinski definition) is 2. The predicted octanol–water partition coefficient (Wildman–Crippen LogP) is 0.941. The first-order valence-electron chi connectivity index (χ1n) is 9.65. The van der Waals surface area contributed by atoms with Crippen LogP contribution in [0.1, 0.15) is 43.7 Å². The Kier molecular flexibility index (Phi) is 5.96. The molecule has 3 atom stereocenters. The van der Waals surface area contributed by atoms with Crippen molar-refractivity contribution in [3.8, 4) is 6.07 Å². The van der Waals surface area contributed by atoms with Gasteiger partial charge in [0, 0.05) is 24.2 Å². The Morgan fingerprint density at radius 1 is 1.41 bits per heavy atom. The van der Waals surface area contributed by atoms with E-state index < -0.39 is 34.2 Å². The van der Waals surface area contributed by atoms with Gasteiger partial charge >= 0.3 is 11.2 Å². The number of nitriles is 1. The Morgan fingerprint density at radius 2 is 2.14 bits per heavy atom. The van der Waals surface area contributed by atoms with Crippen molar-refractivity contribution in [2.45, 2.75) is 51.1 Å². The molecule has 0 radical (unpaired) electrons. The summed E-state index contributed by atoms with van der Waals surface area (Å²) in [6, 6.07) is 1.62. The monoisotopic (exact) mass is 401 g/mol. The summed E-state index contributed by atoms with van der Waals surface area (Å²) in [4.78, 5) is 47.9. The topological polar surface area (TPSA) is 147 Å². The van der Waals surface area contributed by atoms with Gasteiger partial charge in [0.2, 0.25) is 11.8 Å². The molecule has 1 aliphatic heterocycles. The Hall–Kier alpha value is -3.22. The fourth-order valence-electron chi connectivity index (χ4n) is 3.68. The second-order valence-electron chi connectivity index (χ2n) is 7.71. The van der Waals surface area contributed by atoms with E-state index >= 15 is 0 Å². The molecule has 10 nitrogen and oxygen atoms in total. The van der Waals surface area contributed by atoms with E-state index in [4.69, 9.17) is 0 Å². The summed E-state index contributed by atoms with van der Waals surface area (Å²) in [6.07, 6.45) is 4.40. The van der Waals surface area contributed by atoms with Gasteiger partial charge in [-0.15, -0.1) is 0 Å². The summed E-state index contributed by atoms with van der Waals surface area (Å²) in [7, 11) is 0. The second-order valence-corrected chi connectivity index (χ2v) is 7.71. The minimum atomic E-state index is -0.942. The van der Waals surface area contributed by atoms with Crippen molar-refractivity contribution in [2.24, 2.45) is 11.8 Å². The molecule has 2 aliphatic rings. The maximum absolute atomic E-state index is 13.0. The Labute approximate surface area is 167 Å². The largest absolute Gasteiger partial charge is 0.356 e. The molecule has 2 fully saturated rings. The average Bonchev–Trinajstić information content (AvgIpc) is 3.40. The highest BCUT2D eigenvalue weighted by molar-refractivity contribution is 5.82. The summed E-state index contributed by atoms with van der Waals surface area (Å²) >= 11 is 0. The van der Waals surface area contributed by atoms with E-state index in [1.54, 1.807) is 0 Å². The molecule has 154 valence electrons. The van der Waals surface area contributed by atoms with Crippen LogP contribution >= 0.6 is 0 Å². The van der Waals surface area contributed by atoms with Crippen molar-refractivity contribution in [3.63, 3.8) is 0 Å². The fourth-order valence-corrected chi connectivity index (χ4v) is 3.68. The Bertz CT molecular complexity index is 930. The van der Waals surface area contributed by atoms with E-state index in [0.29, 0.717) is 19.4 Å². The third kappa shape index (κ3) is 4.62. The smallest absolute Gasteiger partial charge is 0.336 e. The summed E-state index contributed by atoms with van der Waals surface area (Å²) < 4.78 is 1.09. The standard InChI is InChI=1S/C19H23N5O5/c1-11-5-7-23(19(27)16(11)24(28)29)15(8-12-2-3-12)18(26)22-14(10-20)9-13-4-6-21-17(13)25/h5,7,12-15H,2-4,6,8-9H2,1H3,(H,21,25)(H,22,26)/t13-,14-,15-/m0/s1. The van der Waals surface area contributed by atoms with Crippen LogP contribution in [0.4, 0.5) is 5.69 Å². The zero-order chi connectivity index (χ0) is 21.1. The lowest BCUT2D eigenvalue weighted by Gasteiger charge is -2.22. The molecule has 1 aliphatic carbocycles. The quantitative estimate of drug-likeness (QED) is 0.489. The van der Waals surface area contributed by atoms with Gasteiger partial charge in [0.15, 0.2) is 0 Å². The molecule has 0 aromatic carbocycles. The number of amides is 2. The SMILES string of the molecule is Cc1ccn([C@@H](CC2CC2)C(=O)N[C@H](C#N)C[C@@H]2CCNC2=O)c(=O)c1[N+](=O)[O-]. The van der Waals surface area contributed by atoms with Crippen LogP contribution in [-0.4, -0.2) is 33.9 Å². The molecule has 1 saturated carbocycles. The molecule has 0 unspecified atom stereocenters. The zero-order valence-electron chi connectivity index (χ0n) is 16.1. The first-order valence-corrected chi connectivity index (χ1v) is 9.65. The van der Waals surface area contributed by atoms with Crippen LogP contribution in [0.25, 0.3) is 0 Å². The molecule has 29 heavy (non-hydrogen) atoms. The van der Waals surface area contributed by atoms with Gasteiger partial charge in [0.05, 0.1) is 11.0 Å². The number of rotatable bonds is 8. The van der Waals surface area contributed by atoms with E-state index in [1.165, 1.54) is 19.2 Å². The molecule has 10 heteroatoms. The van der Waals surface area contributed by atoms with E-state index in [0.717, 1.165) is 17.4 Å². The van der Waals surface area contributed by atoms with Gasteiger partial charge in [-0.2, -0.15) is 5.26 Å².